The summed E-state index contributed by atoms with van der Waals surface area (Å²) in [6, 6.07) is 18.4. The highest BCUT2D eigenvalue weighted by Crippen LogP contribution is 2.44. The zero-order valence-corrected chi connectivity index (χ0v) is 28.7. The topological polar surface area (TPSA) is 87.1 Å². The zero-order valence-electron chi connectivity index (χ0n) is 25.5. The van der Waals surface area contributed by atoms with E-state index in [4.69, 9.17) is 38.1 Å². The molecule has 0 aliphatic carbocycles. The monoisotopic (exact) mass is 691 g/mol. The highest BCUT2D eigenvalue weighted by atomic mass is 35.5. The first kappa shape index (κ1) is 31.1. The van der Waals surface area contributed by atoms with Crippen LogP contribution in [-0.4, -0.2) is 41.8 Å². The molecule has 0 unspecified atom stereocenters. The average Bonchev–Trinajstić information content (AvgIpc) is 3.63. The molecule has 6 aromatic rings. The van der Waals surface area contributed by atoms with E-state index in [0.717, 1.165) is 66.3 Å². The van der Waals surface area contributed by atoms with E-state index in [1.807, 2.05) is 36.0 Å². The molecule has 0 radical (unpaired) electrons. The lowest BCUT2D eigenvalue weighted by atomic mass is 10.00. The van der Waals surface area contributed by atoms with E-state index >= 15 is 0 Å². The first-order valence-corrected chi connectivity index (χ1v) is 17.7. The second-order valence-corrected chi connectivity index (χ2v) is 14.2. The van der Waals surface area contributed by atoms with Crippen LogP contribution in [-0.2, 0) is 44.8 Å². The predicted molar refractivity (Wildman–Crippen MR) is 188 cm³/mol. The third kappa shape index (κ3) is 5.55. The van der Waals surface area contributed by atoms with Crippen molar-refractivity contribution in [2.75, 3.05) is 6.61 Å². The number of ether oxygens (including phenoxy) is 1. The number of aromatic carboxylic acids is 1. The van der Waals surface area contributed by atoms with Crippen LogP contribution in [0.15, 0.2) is 59.5 Å². The molecule has 0 spiro atoms. The summed E-state index contributed by atoms with van der Waals surface area (Å²) in [5, 5.41) is 23.9. The van der Waals surface area contributed by atoms with Crippen molar-refractivity contribution in [3.63, 3.8) is 0 Å². The Bertz CT molecular complexity index is 2150. The van der Waals surface area contributed by atoms with Crippen LogP contribution < -0.4 is 4.74 Å². The highest BCUT2D eigenvalue weighted by molar-refractivity contribution is 7.98. The van der Waals surface area contributed by atoms with Gasteiger partial charge in [-0.3, -0.25) is 9.36 Å². The number of nitrogens with zero attached hydrogens (tertiary/aromatic N) is 5. The number of aryl methyl sites for hydroxylation is 4. The lowest BCUT2D eigenvalue weighted by Gasteiger charge is -2.12. The van der Waals surface area contributed by atoms with Gasteiger partial charge < -0.3 is 14.4 Å². The summed E-state index contributed by atoms with van der Waals surface area (Å²) in [6.07, 6.45) is 1.13. The summed E-state index contributed by atoms with van der Waals surface area (Å²) in [6.45, 7) is 0.425. The third-order valence-corrected chi connectivity index (χ3v) is 11.2. The predicted octanol–water partition coefficient (Wildman–Crippen LogP) is 8.52. The molecule has 1 N–H and O–H groups in total. The Morgan fingerprint density at radius 1 is 0.935 bits per heavy atom. The number of carboxylic acids is 1. The Hall–Kier alpha value is -3.57. The maximum Gasteiger partial charge on any atom is 0.352 e. The maximum absolute atomic E-state index is 12.7. The van der Waals surface area contributed by atoms with E-state index in [2.05, 4.69) is 30.3 Å². The van der Waals surface area contributed by atoms with Gasteiger partial charge in [0.15, 0.2) is 0 Å². The number of fused-ring (bicyclic) bond motifs is 8. The third-order valence-electron chi connectivity index (χ3n) is 8.44. The molecular formula is C34H31Cl2N5O3S2. The van der Waals surface area contributed by atoms with Crippen molar-refractivity contribution in [2.24, 2.45) is 21.1 Å². The normalized spacial score (nSPS) is 14.3. The molecule has 0 atom stereocenters. The van der Waals surface area contributed by atoms with Crippen LogP contribution >= 0.6 is 46.7 Å². The van der Waals surface area contributed by atoms with E-state index in [0.29, 0.717) is 46.7 Å². The molecule has 8 nitrogen and oxygen atoms in total. The Kier molecular flexibility index (Phi) is 8.48. The zero-order chi connectivity index (χ0) is 32.1. The lowest BCUT2D eigenvalue weighted by Crippen LogP contribution is -2.09. The van der Waals surface area contributed by atoms with Crippen LogP contribution in [0.25, 0.3) is 32.8 Å². The van der Waals surface area contributed by atoms with Crippen molar-refractivity contribution in [1.82, 2.24) is 24.1 Å². The number of halogens is 2. The van der Waals surface area contributed by atoms with Crippen LogP contribution in [0.5, 0.6) is 5.75 Å². The molecule has 3 aromatic carbocycles. The molecule has 8 bridgehead atoms. The van der Waals surface area contributed by atoms with Crippen LogP contribution in [0.2, 0.25) is 10.2 Å². The maximum atomic E-state index is 12.7. The van der Waals surface area contributed by atoms with Gasteiger partial charge in [-0.05, 0) is 48.1 Å². The molecule has 7 rings (SSSR count). The molecule has 0 amide bonds. The second-order valence-electron chi connectivity index (χ2n) is 11.4. The fourth-order valence-electron chi connectivity index (χ4n) is 6.34. The number of benzene rings is 3. The van der Waals surface area contributed by atoms with Crippen LogP contribution in [0, 0.1) is 0 Å². The van der Waals surface area contributed by atoms with Crippen molar-refractivity contribution in [3.8, 4) is 16.9 Å². The Balaban J connectivity index is 1.36. The van der Waals surface area contributed by atoms with E-state index in [9.17, 15) is 9.90 Å². The first-order valence-electron chi connectivity index (χ1n) is 14.8. The lowest BCUT2D eigenvalue weighted by molar-refractivity contribution is 0.0685. The van der Waals surface area contributed by atoms with Crippen molar-refractivity contribution in [2.45, 2.75) is 35.0 Å². The fourth-order valence-corrected chi connectivity index (χ4v) is 8.66. The Morgan fingerprint density at radius 2 is 1.76 bits per heavy atom. The molecule has 46 heavy (non-hydrogen) atoms. The SMILES string of the molecule is Cn1nc2cc1CSc1cc(c3ccccc3c1)OCCCc1c(C(=O)O)n(C)c3c(c(Cl)ccc13)-c1c(nn(C)c1Cl)CSC2. The van der Waals surface area contributed by atoms with Gasteiger partial charge >= 0.3 is 5.97 Å². The summed E-state index contributed by atoms with van der Waals surface area (Å²) < 4.78 is 11.7. The number of hydrogen-bond donors (Lipinski definition) is 1. The van der Waals surface area contributed by atoms with Gasteiger partial charge in [-0.15, -0.1) is 23.5 Å². The number of carbonyl (C=O) groups is 1. The van der Waals surface area contributed by atoms with Gasteiger partial charge in [-0.25, -0.2) is 4.79 Å². The van der Waals surface area contributed by atoms with Gasteiger partial charge in [0.2, 0.25) is 0 Å². The number of carboxylic acid groups (broad SMARTS) is 1. The molecule has 1 aliphatic rings. The standard InChI is InChI=1S/C34H31Cl2N5O3S2/c1-39-31-25-10-11-26(35)29(31)30-27(38-41(3)33(30)36)18-45-16-20-14-21(40(2)37-20)17-46-22-13-19-7-4-5-8-23(19)28(15-22)44-12-6-9-24(25)32(39)34(42)43/h4-5,7-8,10-11,13-15H,6,9,12,16-18H2,1-3H3,(H,42,43). The molecule has 0 saturated carbocycles. The van der Waals surface area contributed by atoms with E-state index in [1.165, 1.54) is 0 Å². The quantitative estimate of drug-likeness (QED) is 0.185. The molecule has 236 valence electrons. The van der Waals surface area contributed by atoms with Gasteiger partial charge in [0.1, 0.15) is 16.6 Å². The van der Waals surface area contributed by atoms with Crippen molar-refractivity contribution < 1.29 is 14.6 Å². The number of rotatable bonds is 1. The summed E-state index contributed by atoms with van der Waals surface area (Å²) in [5.41, 5.74) is 6.00. The average molecular weight is 693 g/mol. The van der Waals surface area contributed by atoms with Crippen LogP contribution in [0.3, 0.4) is 0 Å². The number of thioether (sulfide) groups is 2. The summed E-state index contributed by atoms with van der Waals surface area (Å²) >= 11 is 17.3. The van der Waals surface area contributed by atoms with Crippen molar-refractivity contribution >= 4 is 74.4 Å². The Morgan fingerprint density at radius 3 is 2.59 bits per heavy atom. The fraction of sp³-hybridized carbons (Fsp3) is 0.265. The Labute approximate surface area is 284 Å². The summed E-state index contributed by atoms with van der Waals surface area (Å²) in [7, 11) is 5.56. The molecule has 0 fully saturated rings. The molecule has 0 saturated heterocycles. The summed E-state index contributed by atoms with van der Waals surface area (Å²) in [4.78, 5) is 13.8. The summed E-state index contributed by atoms with van der Waals surface area (Å²) in [5.74, 6) is 1.85. The smallest absolute Gasteiger partial charge is 0.352 e. The van der Waals surface area contributed by atoms with Gasteiger partial charge in [-0.2, -0.15) is 10.2 Å². The molecule has 4 heterocycles. The van der Waals surface area contributed by atoms with E-state index < -0.39 is 5.97 Å². The highest BCUT2D eigenvalue weighted by Gasteiger charge is 2.28. The van der Waals surface area contributed by atoms with Gasteiger partial charge in [0.05, 0.1) is 28.5 Å². The second kappa shape index (κ2) is 12.6. The minimum Gasteiger partial charge on any atom is -0.493 e. The molecule has 1 aliphatic heterocycles. The van der Waals surface area contributed by atoms with Crippen molar-refractivity contribution in [1.29, 1.82) is 0 Å². The molecular weight excluding hydrogens is 661 g/mol. The van der Waals surface area contributed by atoms with Gasteiger partial charge in [0, 0.05) is 70.9 Å². The van der Waals surface area contributed by atoms with Gasteiger partial charge in [0.25, 0.3) is 0 Å². The van der Waals surface area contributed by atoms with E-state index in [-0.39, 0.29) is 5.69 Å². The van der Waals surface area contributed by atoms with Gasteiger partial charge in [-0.1, -0.05) is 53.5 Å². The van der Waals surface area contributed by atoms with Crippen molar-refractivity contribution in [3.05, 3.63) is 93.1 Å². The van der Waals surface area contributed by atoms with Crippen LogP contribution in [0.1, 0.15) is 39.6 Å². The number of hydrogen-bond acceptors (Lipinski definition) is 6. The minimum atomic E-state index is -0.996. The largest absolute Gasteiger partial charge is 0.493 e. The molecule has 3 aromatic heterocycles. The van der Waals surface area contributed by atoms with Crippen LogP contribution in [0.4, 0.5) is 0 Å². The molecule has 12 heteroatoms. The number of aromatic nitrogens is 5. The van der Waals surface area contributed by atoms with E-state index in [1.54, 1.807) is 46.9 Å². The first-order chi connectivity index (χ1) is 22.2. The minimum absolute atomic E-state index is 0.228.